The number of nitrogens with zero attached hydrogens (tertiary/aromatic N) is 2. The van der Waals surface area contributed by atoms with Crippen LogP contribution < -0.4 is 5.32 Å². The van der Waals surface area contributed by atoms with Crippen molar-refractivity contribution in [2.24, 2.45) is 0 Å². The van der Waals surface area contributed by atoms with Crippen LogP contribution in [0.15, 0.2) is 23.6 Å². The predicted octanol–water partition coefficient (Wildman–Crippen LogP) is 3.19. The van der Waals surface area contributed by atoms with Gasteiger partial charge in [0.1, 0.15) is 0 Å². The smallest absolute Gasteiger partial charge is 0.231 e. The second-order valence-corrected chi connectivity index (χ2v) is 7.12. The van der Waals surface area contributed by atoms with Crippen LogP contribution in [0.1, 0.15) is 41.9 Å². The minimum Gasteiger partial charge on any atom is -0.353 e. The molecule has 2 heterocycles. The van der Waals surface area contributed by atoms with E-state index in [0.29, 0.717) is 6.54 Å². The van der Waals surface area contributed by atoms with Crippen LogP contribution >= 0.6 is 11.3 Å². The summed E-state index contributed by atoms with van der Waals surface area (Å²) in [6.07, 6.45) is 4.23. The van der Waals surface area contributed by atoms with E-state index in [0.717, 1.165) is 43.6 Å². The summed E-state index contributed by atoms with van der Waals surface area (Å²) in [4.78, 5) is 14.0. The third-order valence-corrected chi connectivity index (χ3v) is 5.67. The number of aromatic nitrogens is 2. The van der Waals surface area contributed by atoms with Gasteiger partial charge in [-0.1, -0.05) is 18.9 Å². The van der Waals surface area contributed by atoms with Gasteiger partial charge < -0.3 is 5.32 Å². The van der Waals surface area contributed by atoms with Gasteiger partial charge in [0.05, 0.1) is 17.7 Å². The molecule has 0 aliphatic heterocycles. The Balaban J connectivity index is 1.64. The molecule has 1 fully saturated rings. The Morgan fingerprint density at radius 2 is 2.18 bits per heavy atom. The summed E-state index contributed by atoms with van der Waals surface area (Å²) in [5, 5.41) is 9.65. The van der Waals surface area contributed by atoms with Crippen molar-refractivity contribution in [2.45, 2.75) is 51.5 Å². The van der Waals surface area contributed by atoms with Crippen LogP contribution in [0.5, 0.6) is 0 Å². The Bertz CT molecular complexity index is 639. The number of hydrogen-bond acceptors (Lipinski definition) is 3. The van der Waals surface area contributed by atoms with Gasteiger partial charge in [-0.15, -0.1) is 11.3 Å². The molecule has 0 aromatic carbocycles. The van der Waals surface area contributed by atoms with Crippen LogP contribution in [0.4, 0.5) is 0 Å². The van der Waals surface area contributed by atoms with E-state index in [-0.39, 0.29) is 11.3 Å². The molecule has 1 saturated carbocycles. The SMILES string of the molecule is Cc1cc(C)n(CCNC(=O)C2(c3cccs3)CCCC2)n1. The van der Waals surface area contributed by atoms with Crippen molar-refractivity contribution in [1.82, 2.24) is 15.1 Å². The van der Waals surface area contributed by atoms with E-state index in [1.54, 1.807) is 11.3 Å². The maximum Gasteiger partial charge on any atom is 0.231 e. The molecule has 0 spiro atoms. The highest BCUT2D eigenvalue weighted by Crippen LogP contribution is 2.43. The molecule has 1 aliphatic carbocycles. The summed E-state index contributed by atoms with van der Waals surface area (Å²) in [6, 6.07) is 6.21. The summed E-state index contributed by atoms with van der Waals surface area (Å²) >= 11 is 1.70. The topological polar surface area (TPSA) is 46.9 Å². The fourth-order valence-electron chi connectivity index (χ4n) is 3.46. The highest BCUT2D eigenvalue weighted by molar-refractivity contribution is 7.10. The van der Waals surface area contributed by atoms with Gasteiger partial charge in [-0.25, -0.2) is 0 Å². The van der Waals surface area contributed by atoms with Gasteiger partial charge in [0, 0.05) is 17.1 Å². The summed E-state index contributed by atoms with van der Waals surface area (Å²) in [5.74, 6) is 0.189. The first-order chi connectivity index (χ1) is 10.6. The summed E-state index contributed by atoms with van der Waals surface area (Å²) in [7, 11) is 0. The summed E-state index contributed by atoms with van der Waals surface area (Å²) < 4.78 is 1.96. The lowest BCUT2D eigenvalue weighted by molar-refractivity contribution is -0.126. The van der Waals surface area contributed by atoms with Crippen molar-refractivity contribution in [3.05, 3.63) is 39.8 Å². The van der Waals surface area contributed by atoms with E-state index in [1.807, 2.05) is 24.6 Å². The Morgan fingerprint density at radius 3 is 2.77 bits per heavy atom. The molecule has 2 aromatic rings. The lowest BCUT2D eigenvalue weighted by Crippen LogP contribution is -2.43. The van der Waals surface area contributed by atoms with Gasteiger partial charge in [-0.05, 0) is 44.2 Å². The number of thiophene rings is 1. The standard InChI is InChI=1S/C17H23N3OS/c1-13-12-14(2)20(19-13)10-9-18-16(21)17(7-3-4-8-17)15-6-5-11-22-15/h5-6,11-12H,3-4,7-10H2,1-2H3,(H,18,21). The van der Waals surface area contributed by atoms with E-state index < -0.39 is 0 Å². The van der Waals surface area contributed by atoms with Gasteiger partial charge in [0.25, 0.3) is 0 Å². The van der Waals surface area contributed by atoms with E-state index >= 15 is 0 Å². The number of aryl methyl sites for hydroxylation is 2. The maximum atomic E-state index is 12.8. The zero-order valence-corrected chi connectivity index (χ0v) is 14.1. The minimum atomic E-state index is -0.288. The van der Waals surface area contributed by atoms with Crippen molar-refractivity contribution in [2.75, 3.05) is 6.54 Å². The van der Waals surface area contributed by atoms with Gasteiger partial charge in [-0.2, -0.15) is 5.10 Å². The van der Waals surface area contributed by atoms with E-state index in [1.165, 1.54) is 4.88 Å². The molecule has 2 aromatic heterocycles. The van der Waals surface area contributed by atoms with Crippen molar-refractivity contribution in [3.63, 3.8) is 0 Å². The molecule has 22 heavy (non-hydrogen) atoms. The molecule has 0 unspecified atom stereocenters. The molecule has 0 bridgehead atoms. The van der Waals surface area contributed by atoms with E-state index in [9.17, 15) is 4.79 Å². The fraction of sp³-hybridized carbons (Fsp3) is 0.529. The third kappa shape index (κ3) is 2.82. The highest BCUT2D eigenvalue weighted by atomic mass is 32.1. The lowest BCUT2D eigenvalue weighted by Gasteiger charge is -2.26. The molecular formula is C17H23N3OS. The minimum absolute atomic E-state index is 0.189. The van der Waals surface area contributed by atoms with E-state index in [4.69, 9.17) is 0 Å². The molecular weight excluding hydrogens is 294 g/mol. The molecule has 4 nitrogen and oxygen atoms in total. The van der Waals surface area contributed by atoms with Crippen LogP contribution in [0, 0.1) is 13.8 Å². The third-order valence-electron chi connectivity index (χ3n) is 4.60. The summed E-state index contributed by atoms with van der Waals surface area (Å²) in [5.41, 5.74) is 1.87. The molecule has 0 atom stereocenters. The number of carbonyl (C=O) groups excluding carboxylic acids is 1. The molecule has 0 radical (unpaired) electrons. The van der Waals surface area contributed by atoms with Crippen LogP contribution in [0.3, 0.4) is 0 Å². The lowest BCUT2D eigenvalue weighted by atomic mass is 9.83. The summed E-state index contributed by atoms with van der Waals surface area (Å²) in [6.45, 7) is 5.40. The zero-order valence-electron chi connectivity index (χ0n) is 13.3. The molecule has 1 N–H and O–H groups in total. The van der Waals surface area contributed by atoms with E-state index in [2.05, 4.69) is 27.9 Å². The maximum absolute atomic E-state index is 12.8. The molecule has 1 amide bonds. The Kier molecular flexibility index (Phi) is 4.34. The molecule has 118 valence electrons. The first-order valence-electron chi connectivity index (χ1n) is 7.95. The fourth-order valence-corrected chi connectivity index (χ4v) is 4.44. The van der Waals surface area contributed by atoms with Crippen LogP contribution in [-0.4, -0.2) is 22.2 Å². The first kappa shape index (κ1) is 15.3. The monoisotopic (exact) mass is 317 g/mol. The molecule has 0 saturated heterocycles. The van der Waals surface area contributed by atoms with Crippen molar-refractivity contribution >= 4 is 17.2 Å². The normalized spacial score (nSPS) is 16.8. The first-order valence-corrected chi connectivity index (χ1v) is 8.83. The molecule has 3 rings (SSSR count). The Hall–Kier alpha value is -1.62. The van der Waals surface area contributed by atoms with Crippen LogP contribution in [0.25, 0.3) is 0 Å². The van der Waals surface area contributed by atoms with Crippen molar-refractivity contribution in [1.29, 1.82) is 0 Å². The van der Waals surface area contributed by atoms with Gasteiger partial charge in [-0.3, -0.25) is 9.48 Å². The Morgan fingerprint density at radius 1 is 1.41 bits per heavy atom. The van der Waals surface area contributed by atoms with Gasteiger partial charge >= 0.3 is 0 Å². The van der Waals surface area contributed by atoms with Gasteiger partial charge in [0.15, 0.2) is 0 Å². The van der Waals surface area contributed by atoms with Crippen LogP contribution in [-0.2, 0) is 16.8 Å². The van der Waals surface area contributed by atoms with Crippen LogP contribution in [0.2, 0.25) is 0 Å². The average molecular weight is 317 g/mol. The number of carbonyl (C=O) groups is 1. The van der Waals surface area contributed by atoms with Gasteiger partial charge in [0.2, 0.25) is 5.91 Å². The number of hydrogen-bond donors (Lipinski definition) is 1. The number of nitrogens with one attached hydrogen (secondary N) is 1. The largest absolute Gasteiger partial charge is 0.353 e. The predicted molar refractivity (Wildman–Crippen MR) is 89.2 cm³/mol. The van der Waals surface area contributed by atoms with Crippen molar-refractivity contribution in [3.8, 4) is 0 Å². The number of amides is 1. The average Bonchev–Trinajstić information content (AvgIpc) is 3.20. The van der Waals surface area contributed by atoms with Crippen molar-refractivity contribution < 1.29 is 4.79 Å². The zero-order chi connectivity index (χ0) is 15.6. The highest BCUT2D eigenvalue weighted by Gasteiger charge is 2.43. The molecule has 5 heteroatoms. The second kappa shape index (κ2) is 6.24. The quantitative estimate of drug-likeness (QED) is 0.920. The Labute approximate surface area is 135 Å². The number of rotatable bonds is 5. The molecule has 1 aliphatic rings. The second-order valence-electron chi connectivity index (χ2n) is 6.17.